The summed E-state index contributed by atoms with van der Waals surface area (Å²) in [6, 6.07) is 0. The lowest BCUT2D eigenvalue weighted by Gasteiger charge is -2.63. The van der Waals surface area contributed by atoms with E-state index in [4.69, 9.17) is 4.74 Å². The van der Waals surface area contributed by atoms with Gasteiger partial charge in [0.1, 0.15) is 5.44 Å². The molecule has 1 heterocycles. The van der Waals surface area contributed by atoms with Crippen LogP contribution in [-0.2, 0) is 4.74 Å². The molecule has 0 spiro atoms. The summed E-state index contributed by atoms with van der Waals surface area (Å²) >= 11 is 2.08. The SMILES string of the molecule is C[C@@H]1OC[C@@H]2[C@H](C[C@H]3C[C@@H]2C3(C)C)S1. The van der Waals surface area contributed by atoms with E-state index in [-0.39, 0.29) is 0 Å². The zero-order chi connectivity index (χ0) is 9.92. The van der Waals surface area contributed by atoms with Crippen molar-refractivity contribution >= 4 is 11.8 Å². The molecule has 2 bridgehead atoms. The molecule has 4 rings (SSSR count). The minimum absolute atomic E-state index is 0.442. The summed E-state index contributed by atoms with van der Waals surface area (Å²) in [7, 11) is 0. The lowest BCUT2D eigenvalue weighted by Crippen LogP contribution is -2.59. The van der Waals surface area contributed by atoms with Crippen molar-refractivity contribution in [2.75, 3.05) is 6.61 Å². The maximum absolute atomic E-state index is 5.80. The van der Waals surface area contributed by atoms with E-state index in [1.165, 1.54) is 12.8 Å². The molecule has 1 aliphatic heterocycles. The van der Waals surface area contributed by atoms with E-state index >= 15 is 0 Å². The van der Waals surface area contributed by atoms with Crippen molar-refractivity contribution in [3.63, 3.8) is 0 Å². The molecule has 0 aromatic carbocycles. The third-order valence-corrected chi connectivity index (χ3v) is 6.36. The second kappa shape index (κ2) is 2.91. The van der Waals surface area contributed by atoms with Gasteiger partial charge >= 0.3 is 0 Å². The van der Waals surface area contributed by atoms with Crippen LogP contribution in [0.25, 0.3) is 0 Å². The molecule has 5 atom stereocenters. The van der Waals surface area contributed by atoms with Gasteiger partial charge in [0.15, 0.2) is 0 Å². The van der Waals surface area contributed by atoms with Crippen molar-refractivity contribution in [3.8, 4) is 0 Å². The van der Waals surface area contributed by atoms with Crippen LogP contribution in [0.5, 0.6) is 0 Å². The summed E-state index contributed by atoms with van der Waals surface area (Å²) in [5.41, 5.74) is 1.06. The van der Waals surface area contributed by atoms with Crippen molar-refractivity contribution in [1.29, 1.82) is 0 Å². The summed E-state index contributed by atoms with van der Waals surface area (Å²) < 4.78 is 5.80. The Bertz CT molecular complexity index is 251. The van der Waals surface area contributed by atoms with Crippen LogP contribution in [0.1, 0.15) is 33.6 Å². The van der Waals surface area contributed by atoms with Gasteiger partial charge in [0.25, 0.3) is 0 Å². The highest BCUT2D eigenvalue weighted by Gasteiger charge is 2.58. The van der Waals surface area contributed by atoms with Crippen LogP contribution in [0.3, 0.4) is 0 Å². The third-order valence-electron chi connectivity index (χ3n) is 4.95. The molecule has 2 heteroatoms. The van der Waals surface area contributed by atoms with Crippen LogP contribution in [-0.4, -0.2) is 17.3 Å². The molecule has 0 aromatic rings. The second-order valence-electron chi connectivity index (χ2n) is 5.84. The Labute approximate surface area is 91.0 Å². The van der Waals surface area contributed by atoms with Gasteiger partial charge in [-0.15, -0.1) is 11.8 Å². The lowest BCUT2D eigenvalue weighted by atomic mass is 9.45. The molecular formula is C12H20OS. The third kappa shape index (κ3) is 1.13. The molecule has 0 aromatic heterocycles. The van der Waals surface area contributed by atoms with E-state index in [1.807, 2.05) is 0 Å². The molecule has 3 aliphatic carbocycles. The highest BCUT2D eigenvalue weighted by Crippen LogP contribution is 2.64. The molecule has 0 radical (unpaired) electrons. The van der Waals surface area contributed by atoms with Gasteiger partial charge in [-0.05, 0) is 42.9 Å². The summed E-state index contributed by atoms with van der Waals surface area (Å²) in [6.07, 6.45) is 2.93. The van der Waals surface area contributed by atoms with Crippen LogP contribution in [0.15, 0.2) is 0 Å². The van der Waals surface area contributed by atoms with E-state index in [2.05, 4.69) is 32.5 Å². The van der Waals surface area contributed by atoms with E-state index in [9.17, 15) is 0 Å². The summed E-state index contributed by atoms with van der Waals surface area (Å²) in [6.45, 7) is 8.15. The van der Waals surface area contributed by atoms with Crippen LogP contribution in [0.4, 0.5) is 0 Å². The number of rotatable bonds is 0. The summed E-state index contributed by atoms with van der Waals surface area (Å²) in [5.74, 6) is 2.81. The highest BCUT2D eigenvalue weighted by atomic mass is 32.2. The van der Waals surface area contributed by atoms with E-state index in [0.29, 0.717) is 10.9 Å². The Morgan fingerprint density at radius 2 is 2.07 bits per heavy atom. The predicted molar refractivity (Wildman–Crippen MR) is 60.3 cm³/mol. The first-order chi connectivity index (χ1) is 6.59. The first-order valence-corrected chi connectivity index (χ1v) is 6.80. The zero-order valence-electron chi connectivity index (χ0n) is 9.32. The monoisotopic (exact) mass is 212 g/mol. The Hall–Kier alpha value is 0.310. The maximum Gasteiger partial charge on any atom is 0.100 e. The van der Waals surface area contributed by atoms with Crippen LogP contribution in [0.2, 0.25) is 0 Å². The fourth-order valence-corrected chi connectivity index (χ4v) is 5.27. The average Bonchev–Trinajstić information content (AvgIpc) is 2.16. The topological polar surface area (TPSA) is 9.23 Å². The molecule has 1 saturated heterocycles. The molecule has 3 saturated carbocycles. The van der Waals surface area contributed by atoms with Crippen molar-refractivity contribution in [2.24, 2.45) is 23.2 Å². The molecule has 80 valence electrons. The van der Waals surface area contributed by atoms with Gasteiger partial charge in [0, 0.05) is 5.25 Å². The average molecular weight is 212 g/mol. The molecule has 0 N–H and O–H groups in total. The van der Waals surface area contributed by atoms with Crippen molar-refractivity contribution in [2.45, 2.75) is 44.3 Å². The molecule has 0 unspecified atom stereocenters. The van der Waals surface area contributed by atoms with Crippen LogP contribution >= 0.6 is 11.8 Å². The number of hydrogen-bond acceptors (Lipinski definition) is 2. The van der Waals surface area contributed by atoms with Crippen molar-refractivity contribution in [3.05, 3.63) is 0 Å². The largest absolute Gasteiger partial charge is 0.368 e. The predicted octanol–water partition coefficient (Wildman–Crippen LogP) is 3.15. The molecular weight excluding hydrogens is 192 g/mol. The summed E-state index contributed by atoms with van der Waals surface area (Å²) in [4.78, 5) is 0. The van der Waals surface area contributed by atoms with E-state index < -0.39 is 0 Å². The molecule has 4 aliphatic rings. The van der Waals surface area contributed by atoms with Gasteiger partial charge in [-0.2, -0.15) is 0 Å². The Balaban J connectivity index is 1.79. The van der Waals surface area contributed by atoms with Crippen LogP contribution < -0.4 is 0 Å². The smallest absolute Gasteiger partial charge is 0.100 e. The quantitative estimate of drug-likeness (QED) is 0.610. The Kier molecular flexibility index (Phi) is 1.98. The van der Waals surface area contributed by atoms with Crippen molar-refractivity contribution in [1.82, 2.24) is 0 Å². The van der Waals surface area contributed by atoms with E-state index in [1.54, 1.807) is 0 Å². The normalized spacial score (nSPS) is 54.6. The minimum Gasteiger partial charge on any atom is -0.368 e. The van der Waals surface area contributed by atoms with Gasteiger partial charge < -0.3 is 4.74 Å². The Morgan fingerprint density at radius 3 is 2.79 bits per heavy atom. The molecule has 1 nitrogen and oxygen atoms in total. The van der Waals surface area contributed by atoms with Gasteiger partial charge in [-0.1, -0.05) is 13.8 Å². The van der Waals surface area contributed by atoms with Crippen molar-refractivity contribution < 1.29 is 4.74 Å². The maximum atomic E-state index is 5.80. The fourth-order valence-electron chi connectivity index (χ4n) is 3.81. The zero-order valence-corrected chi connectivity index (χ0v) is 10.1. The fraction of sp³-hybridized carbons (Fsp3) is 1.00. The lowest BCUT2D eigenvalue weighted by molar-refractivity contribution is -0.127. The number of hydrogen-bond donors (Lipinski definition) is 0. The second-order valence-corrected chi connectivity index (χ2v) is 7.38. The van der Waals surface area contributed by atoms with Gasteiger partial charge in [0.05, 0.1) is 6.61 Å². The number of thioether (sulfide) groups is 1. The van der Waals surface area contributed by atoms with Gasteiger partial charge in [0.2, 0.25) is 0 Å². The first kappa shape index (κ1) is 9.53. The minimum atomic E-state index is 0.442. The first-order valence-electron chi connectivity index (χ1n) is 5.86. The number of ether oxygens (including phenoxy) is 1. The highest BCUT2D eigenvalue weighted by molar-refractivity contribution is 8.00. The van der Waals surface area contributed by atoms with Gasteiger partial charge in [-0.25, -0.2) is 0 Å². The molecule has 4 fully saturated rings. The van der Waals surface area contributed by atoms with Crippen LogP contribution in [0, 0.1) is 23.2 Å². The Morgan fingerprint density at radius 1 is 1.29 bits per heavy atom. The van der Waals surface area contributed by atoms with Gasteiger partial charge in [-0.3, -0.25) is 0 Å². The molecule has 0 amide bonds. The molecule has 14 heavy (non-hydrogen) atoms. The standard InChI is InChI=1S/C12H20OS/c1-7-13-6-9-10-4-8(12(10,2)3)5-11(9)14-7/h7-11H,4-6H2,1-3H3/t7-,8-,9+,10+,11+/m1/s1. The summed E-state index contributed by atoms with van der Waals surface area (Å²) in [5, 5.41) is 0.913. The van der Waals surface area contributed by atoms with E-state index in [0.717, 1.165) is 29.6 Å².